The number of carbonyl (C=O) groups excluding carboxylic acids is 4. The molecule has 0 aliphatic carbocycles. The van der Waals surface area contributed by atoms with Gasteiger partial charge in [0.15, 0.2) is 5.76 Å². The molecule has 0 saturated carbocycles. The molecular formula is C23H21NO9S. The van der Waals surface area contributed by atoms with Gasteiger partial charge in [-0.05, 0) is 48.9 Å². The van der Waals surface area contributed by atoms with E-state index >= 15 is 0 Å². The van der Waals surface area contributed by atoms with E-state index in [1.165, 1.54) is 27.4 Å². The Morgan fingerprint density at radius 2 is 1.53 bits per heavy atom. The number of furan rings is 1. The molecule has 1 aromatic carbocycles. The normalized spacial score (nSPS) is 10.4. The lowest BCUT2D eigenvalue weighted by Crippen LogP contribution is -2.13. The zero-order valence-electron chi connectivity index (χ0n) is 18.8. The average molecular weight is 487 g/mol. The zero-order chi connectivity index (χ0) is 24.8. The van der Waals surface area contributed by atoms with Gasteiger partial charge in [0.2, 0.25) is 0 Å². The Morgan fingerprint density at radius 1 is 0.882 bits per heavy atom. The smallest absolute Gasteiger partial charge is 0.348 e. The molecule has 0 atom stereocenters. The number of thiophene rings is 1. The van der Waals surface area contributed by atoms with Crippen molar-refractivity contribution < 1.29 is 42.5 Å². The van der Waals surface area contributed by atoms with Crippen LogP contribution in [0, 0.1) is 6.92 Å². The van der Waals surface area contributed by atoms with E-state index in [1.807, 2.05) is 0 Å². The number of nitrogens with one attached hydrogen (secondary N) is 1. The number of rotatable bonds is 8. The van der Waals surface area contributed by atoms with Crippen molar-refractivity contribution in [2.24, 2.45) is 0 Å². The maximum absolute atomic E-state index is 12.7. The summed E-state index contributed by atoms with van der Waals surface area (Å²) in [6.07, 6.45) is 0. The standard InChI is InChI=1S/C23H21NO9S/c1-12-17(22(27)30-3)20(34-18(12)23(28)31-4)24-19(25)16-10-9-15(33-16)11-32-14-7-5-13(6-8-14)21(26)29-2/h5-10H,11H2,1-4H3,(H,24,25). The molecule has 0 aliphatic heterocycles. The molecule has 0 saturated heterocycles. The molecular weight excluding hydrogens is 466 g/mol. The summed E-state index contributed by atoms with van der Waals surface area (Å²) in [7, 11) is 3.72. The van der Waals surface area contributed by atoms with Crippen LogP contribution in [0.2, 0.25) is 0 Å². The Hall–Kier alpha value is -4.12. The maximum Gasteiger partial charge on any atom is 0.348 e. The summed E-state index contributed by atoms with van der Waals surface area (Å²) in [6.45, 7) is 1.59. The van der Waals surface area contributed by atoms with Gasteiger partial charge in [-0.25, -0.2) is 14.4 Å². The van der Waals surface area contributed by atoms with E-state index in [2.05, 4.69) is 10.1 Å². The van der Waals surface area contributed by atoms with Crippen LogP contribution in [0.15, 0.2) is 40.8 Å². The van der Waals surface area contributed by atoms with E-state index in [1.54, 1.807) is 37.3 Å². The molecule has 1 N–H and O–H groups in total. The summed E-state index contributed by atoms with van der Waals surface area (Å²) in [5.74, 6) is -1.59. The lowest BCUT2D eigenvalue weighted by molar-refractivity contribution is 0.0589. The van der Waals surface area contributed by atoms with Gasteiger partial charge in [0.25, 0.3) is 5.91 Å². The van der Waals surface area contributed by atoms with Crippen LogP contribution >= 0.6 is 11.3 Å². The highest BCUT2D eigenvalue weighted by Gasteiger charge is 2.27. The predicted molar refractivity (Wildman–Crippen MR) is 121 cm³/mol. The Kier molecular flexibility index (Phi) is 7.69. The Balaban J connectivity index is 1.70. The molecule has 0 unspecified atom stereocenters. The monoisotopic (exact) mass is 487 g/mol. The van der Waals surface area contributed by atoms with Crippen molar-refractivity contribution in [2.45, 2.75) is 13.5 Å². The number of anilines is 1. The van der Waals surface area contributed by atoms with E-state index in [-0.39, 0.29) is 27.8 Å². The summed E-state index contributed by atoms with van der Waals surface area (Å²) in [6, 6.07) is 9.36. The van der Waals surface area contributed by atoms with Crippen LogP contribution < -0.4 is 10.1 Å². The molecule has 10 nitrogen and oxygen atoms in total. The van der Waals surface area contributed by atoms with Gasteiger partial charge in [-0.3, -0.25) is 4.79 Å². The first-order valence-corrected chi connectivity index (χ1v) is 10.6. The zero-order valence-corrected chi connectivity index (χ0v) is 19.6. The second-order valence-corrected chi connectivity index (χ2v) is 7.79. The van der Waals surface area contributed by atoms with Gasteiger partial charge in [0.05, 0.1) is 32.5 Å². The van der Waals surface area contributed by atoms with Gasteiger partial charge < -0.3 is 28.7 Å². The molecule has 0 aliphatic rings. The quantitative estimate of drug-likeness (QED) is 0.372. The van der Waals surface area contributed by atoms with Crippen molar-refractivity contribution in [1.82, 2.24) is 0 Å². The van der Waals surface area contributed by atoms with Crippen molar-refractivity contribution in [2.75, 3.05) is 26.6 Å². The molecule has 2 heterocycles. The Bertz CT molecular complexity index is 1220. The highest BCUT2D eigenvalue weighted by Crippen LogP contribution is 2.34. The molecule has 3 rings (SSSR count). The first-order valence-electron chi connectivity index (χ1n) is 9.80. The second kappa shape index (κ2) is 10.7. The summed E-state index contributed by atoms with van der Waals surface area (Å²) in [5, 5.41) is 2.72. The second-order valence-electron chi connectivity index (χ2n) is 6.77. The van der Waals surface area contributed by atoms with Crippen LogP contribution in [0.1, 0.15) is 52.3 Å². The maximum atomic E-state index is 12.7. The lowest BCUT2D eigenvalue weighted by Gasteiger charge is -2.06. The molecule has 2 aromatic heterocycles. The number of amides is 1. The van der Waals surface area contributed by atoms with Gasteiger partial charge in [0, 0.05) is 0 Å². The number of carbonyl (C=O) groups is 4. The van der Waals surface area contributed by atoms with Crippen LogP contribution in [-0.2, 0) is 20.8 Å². The fourth-order valence-corrected chi connectivity index (χ4v) is 4.05. The highest BCUT2D eigenvalue weighted by atomic mass is 32.1. The summed E-state index contributed by atoms with van der Waals surface area (Å²) in [4.78, 5) is 48.6. The first kappa shape index (κ1) is 24.5. The minimum Gasteiger partial charge on any atom is -0.486 e. The number of hydrogen-bond acceptors (Lipinski definition) is 10. The number of methoxy groups -OCH3 is 3. The highest BCUT2D eigenvalue weighted by molar-refractivity contribution is 7.18. The van der Waals surface area contributed by atoms with E-state index in [9.17, 15) is 19.2 Å². The number of esters is 3. The molecule has 178 valence electrons. The van der Waals surface area contributed by atoms with E-state index < -0.39 is 23.8 Å². The molecule has 11 heteroatoms. The fourth-order valence-electron chi connectivity index (χ4n) is 2.94. The third-order valence-corrected chi connectivity index (χ3v) is 5.86. The topological polar surface area (TPSA) is 130 Å². The fraction of sp³-hybridized carbons (Fsp3) is 0.217. The van der Waals surface area contributed by atoms with Gasteiger partial charge in [-0.15, -0.1) is 11.3 Å². The summed E-state index contributed by atoms with van der Waals surface area (Å²) in [5.41, 5.74) is 0.787. The van der Waals surface area contributed by atoms with Crippen molar-refractivity contribution in [1.29, 1.82) is 0 Å². The lowest BCUT2D eigenvalue weighted by atomic mass is 10.1. The van der Waals surface area contributed by atoms with Crippen LogP contribution in [-0.4, -0.2) is 45.1 Å². The SMILES string of the molecule is COC(=O)c1ccc(OCc2ccc(C(=O)Nc3sc(C(=O)OC)c(C)c3C(=O)OC)o2)cc1. The van der Waals surface area contributed by atoms with E-state index in [4.69, 9.17) is 18.6 Å². The molecule has 0 spiro atoms. The molecule has 0 fully saturated rings. The predicted octanol–water partition coefficient (Wildman–Crippen LogP) is 3.84. The van der Waals surface area contributed by atoms with Crippen molar-refractivity contribution >= 4 is 40.2 Å². The van der Waals surface area contributed by atoms with Crippen LogP contribution in [0.3, 0.4) is 0 Å². The van der Waals surface area contributed by atoms with Gasteiger partial charge in [-0.1, -0.05) is 0 Å². The summed E-state index contributed by atoms with van der Waals surface area (Å²) < 4.78 is 25.3. The van der Waals surface area contributed by atoms with E-state index in [0.29, 0.717) is 22.6 Å². The number of hydrogen-bond donors (Lipinski definition) is 1. The van der Waals surface area contributed by atoms with Crippen molar-refractivity contribution in [3.63, 3.8) is 0 Å². The molecule has 0 bridgehead atoms. The van der Waals surface area contributed by atoms with Gasteiger partial charge in [-0.2, -0.15) is 0 Å². The minimum atomic E-state index is -0.703. The van der Waals surface area contributed by atoms with Gasteiger partial charge in [0.1, 0.15) is 28.0 Å². The van der Waals surface area contributed by atoms with Crippen LogP contribution in [0.4, 0.5) is 5.00 Å². The Morgan fingerprint density at radius 3 is 2.15 bits per heavy atom. The molecule has 0 radical (unpaired) electrons. The van der Waals surface area contributed by atoms with Crippen molar-refractivity contribution in [3.05, 3.63) is 69.5 Å². The minimum absolute atomic E-state index is 0.0267. The largest absolute Gasteiger partial charge is 0.486 e. The van der Waals surface area contributed by atoms with E-state index in [0.717, 1.165) is 11.3 Å². The summed E-state index contributed by atoms with van der Waals surface area (Å²) >= 11 is 0.898. The third-order valence-electron chi connectivity index (χ3n) is 4.68. The number of benzene rings is 1. The molecule has 34 heavy (non-hydrogen) atoms. The van der Waals surface area contributed by atoms with Crippen LogP contribution in [0.25, 0.3) is 0 Å². The third kappa shape index (κ3) is 5.26. The number of ether oxygens (including phenoxy) is 4. The Labute approximate surface area is 198 Å². The molecule has 1 amide bonds. The first-order chi connectivity index (χ1) is 16.3. The average Bonchev–Trinajstić information content (AvgIpc) is 3.46. The van der Waals surface area contributed by atoms with Crippen LogP contribution in [0.5, 0.6) is 5.75 Å². The van der Waals surface area contributed by atoms with Crippen molar-refractivity contribution in [3.8, 4) is 5.75 Å². The van der Waals surface area contributed by atoms with Gasteiger partial charge >= 0.3 is 17.9 Å². The molecule has 3 aromatic rings.